The fourth-order valence-corrected chi connectivity index (χ4v) is 9.22. The highest BCUT2D eigenvalue weighted by atomic mass is 32.1. The predicted octanol–water partition coefficient (Wildman–Crippen LogP) is 15.1. The average Bonchev–Trinajstić information content (AvgIpc) is 3.79. The summed E-state index contributed by atoms with van der Waals surface area (Å²) in [6.07, 6.45) is 0. The molecule has 0 aliphatic carbocycles. The molecule has 0 aliphatic heterocycles. The summed E-state index contributed by atoms with van der Waals surface area (Å²) in [6.45, 7) is 0. The van der Waals surface area contributed by atoms with Crippen molar-refractivity contribution in [3.63, 3.8) is 0 Å². The summed E-state index contributed by atoms with van der Waals surface area (Å²) in [7, 11) is 0. The Hall–Kier alpha value is -6.88. The Morgan fingerprint density at radius 1 is 0.426 bits per heavy atom. The molecule has 0 saturated carbocycles. The first-order valence-electron chi connectivity index (χ1n) is 18.2. The van der Waals surface area contributed by atoms with Gasteiger partial charge in [-0.3, -0.25) is 0 Å². The van der Waals surface area contributed by atoms with Crippen LogP contribution in [0.1, 0.15) is 0 Å². The maximum atomic E-state index is 6.24. The lowest BCUT2D eigenvalue weighted by Crippen LogP contribution is -2.10. The number of benzene rings is 9. The van der Waals surface area contributed by atoms with Crippen LogP contribution in [0.15, 0.2) is 192 Å². The molecule has 54 heavy (non-hydrogen) atoms. The van der Waals surface area contributed by atoms with Crippen molar-refractivity contribution in [2.75, 3.05) is 10.2 Å². The summed E-state index contributed by atoms with van der Waals surface area (Å²) in [5.74, 6) is 0. The summed E-state index contributed by atoms with van der Waals surface area (Å²) in [6, 6.07) is 67.5. The lowest BCUT2D eigenvalue weighted by molar-refractivity contribution is 0.669. The third-order valence-corrected chi connectivity index (χ3v) is 11.8. The summed E-state index contributed by atoms with van der Waals surface area (Å²) < 4.78 is 8.79. The lowest BCUT2D eigenvalue weighted by Gasteiger charge is -2.27. The molecular formula is C50H32N2OS. The number of rotatable bonds is 6. The van der Waals surface area contributed by atoms with Gasteiger partial charge in [-0.15, -0.1) is 11.3 Å². The fraction of sp³-hybridized carbons (Fsp3) is 0. The number of furan rings is 1. The molecule has 254 valence electrons. The third-order valence-electron chi connectivity index (χ3n) is 10.6. The number of anilines is 5. The van der Waals surface area contributed by atoms with E-state index in [4.69, 9.17) is 4.42 Å². The SMILES string of the molecule is c1ccc(Nc2ccc(-c3ccc4c(c3)sc3ccc(N(c5ccc6oc7ccccc7c6c5)c5cccc6ccccc56)cc34)c3ccccc23)cc1. The molecule has 2 heterocycles. The van der Waals surface area contributed by atoms with Crippen LogP contribution in [0, 0.1) is 0 Å². The van der Waals surface area contributed by atoms with Gasteiger partial charge in [0, 0.05) is 64.5 Å². The van der Waals surface area contributed by atoms with Crippen molar-refractivity contribution in [1.82, 2.24) is 0 Å². The zero-order valence-corrected chi connectivity index (χ0v) is 30.0. The van der Waals surface area contributed by atoms with E-state index in [1.807, 2.05) is 29.5 Å². The van der Waals surface area contributed by atoms with Crippen LogP contribution in [-0.2, 0) is 0 Å². The van der Waals surface area contributed by atoms with Gasteiger partial charge in [-0.2, -0.15) is 0 Å². The Labute approximate surface area is 315 Å². The van der Waals surface area contributed by atoms with Crippen LogP contribution >= 0.6 is 11.3 Å². The van der Waals surface area contributed by atoms with Crippen molar-refractivity contribution >= 4 is 103 Å². The van der Waals surface area contributed by atoms with Gasteiger partial charge in [0.2, 0.25) is 0 Å². The number of nitrogens with zero attached hydrogens (tertiary/aromatic N) is 1. The minimum absolute atomic E-state index is 0.891. The van der Waals surface area contributed by atoms with Gasteiger partial charge in [0.1, 0.15) is 11.2 Å². The van der Waals surface area contributed by atoms with Gasteiger partial charge in [0.15, 0.2) is 0 Å². The summed E-state index contributed by atoms with van der Waals surface area (Å²) in [4.78, 5) is 2.40. The molecule has 0 amide bonds. The topological polar surface area (TPSA) is 28.4 Å². The standard InChI is InChI=1S/C50H32N2OS/c1-2-13-34(14-3-1)51-45-26-25-37(39-16-6-7-17-40(39)45)33-21-24-42-44-31-36(23-28-49(44)54-50(42)29-33)52(46-19-10-12-32-11-4-5-15-38(32)46)35-22-27-48-43(30-35)41-18-8-9-20-47(41)53-48/h1-31,51H. The molecule has 0 radical (unpaired) electrons. The highest BCUT2D eigenvalue weighted by Gasteiger charge is 2.19. The van der Waals surface area contributed by atoms with Crippen LogP contribution in [0.4, 0.5) is 28.4 Å². The van der Waals surface area contributed by atoms with Crippen molar-refractivity contribution in [2.45, 2.75) is 0 Å². The van der Waals surface area contributed by atoms with E-state index in [9.17, 15) is 0 Å². The van der Waals surface area contributed by atoms with Gasteiger partial charge in [-0.25, -0.2) is 0 Å². The molecule has 0 atom stereocenters. The molecule has 1 N–H and O–H groups in total. The fourth-order valence-electron chi connectivity index (χ4n) is 8.09. The largest absolute Gasteiger partial charge is 0.456 e. The number of hydrogen-bond donors (Lipinski definition) is 1. The highest BCUT2D eigenvalue weighted by Crippen LogP contribution is 2.45. The van der Waals surface area contributed by atoms with E-state index < -0.39 is 0 Å². The van der Waals surface area contributed by atoms with Crippen molar-refractivity contribution < 1.29 is 4.42 Å². The third kappa shape index (κ3) is 5.03. The van der Waals surface area contributed by atoms with E-state index in [2.05, 4.69) is 180 Å². The van der Waals surface area contributed by atoms with E-state index in [0.717, 1.165) is 50.4 Å². The average molecular weight is 709 g/mol. The number of thiophene rings is 1. The Bertz CT molecular complexity index is 3210. The monoisotopic (exact) mass is 708 g/mol. The zero-order valence-electron chi connectivity index (χ0n) is 29.2. The van der Waals surface area contributed by atoms with Crippen LogP contribution in [0.5, 0.6) is 0 Å². The van der Waals surface area contributed by atoms with Crippen LogP contribution in [0.2, 0.25) is 0 Å². The molecule has 11 aromatic rings. The first-order chi connectivity index (χ1) is 26.7. The summed E-state index contributed by atoms with van der Waals surface area (Å²) in [5.41, 5.74) is 9.76. The Morgan fingerprint density at radius 2 is 1.13 bits per heavy atom. The predicted molar refractivity (Wildman–Crippen MR) is 231 cm³/mol. The van der Waals surface area contributed by atoms with Crippen LogP contribution in [0.3, 0.4) is 0 Å². The molecule has 4 heteroatoms. The molecule has 0 saturated heterocycles. The summed E-state index contributed by atoms with van der Waals surface area (Å²) in [5, 5.41) is 13.2. The quantitative estimate of drug-likeness (QED) is 0.186. The second-order valence-electron chi connectivity index (χ2n) is 13.8. The van der Waals surface area contributed by atoms with E-state index in [1.54, 1.807) is 0 Å². The molecule has 0 fully saturated rings. The van der Waals surface area contributed by atoms with Gasteiger partial charge in [0.05, 0.1) is 5.69 Å². The summed E-state index contributed by atoms with van der Waals surface area (Å²) >= 11 is 1.86. The van der Waals surface area contributed by atoms with Crippen LogP contribution < -0.4 is 10.2 Å². The molecule has 11 rings (SSSR count). The van der Waals surface area contributed by atoms with E-state index in [0.29, 0.717) is 0 Å². The van der Waals surface area contributed by atoms with Gasteiger partial charge in [-0.05, 0) is 94.7 Å². The van der Waals surface area contributed by atoms with Crippen LogP contribution in [0.25, 0.3) is 74.8 Å². The molecule has 0 spiro atoms. The second kappa shape index (κ2) is 12.4. The van der Waals surface area contributed by atoms with E-state index >= 15 is 0 Å². The van der Waals surface area contributed by atoms with Gasteiger partial charge < -0.3 is 14.6 Å². The van der Waals surface area contributed by atoms with Crippen LogP contribution in [-0.4, -0.2) is 0 Å². The Morgan fingerprint density at radius 3 is 2.02 bits per heavy atom. The maximum absolute atomic E-state index is 6.24. The zero-order chi connectivity index (χ0) is 35.6. The van der Waals surface area contributed by atoms with Gasteiger partial charge in [0.25, 0.3) is 0 Å². The van der Waals surface area contributed by atoms with E-state index in [-0.39, 0.29) is 0 Å². The number of nitrogens with one attached hydrogen (secondary N) is 1. The minimum Gasteiger partial charge on any atom is -0.456 e. The molecule has 0 bridgehead atoms. The first kappa shape index (κ1) is 30.7. The van der Waals surface area contributed by atoms with E-state index in [1.165, 1.54) is 52.8 Å². The van der Waals surface area contributed by atoms with Crippen molar-refractivity contribution in [1.29, 1.82) is 0 Å². The molecule has 0 aliphatic rings. The molecule has 0 unspecified atom stereocenters. The molecular weight excluding hydrogens is 677 g/mol. The smallest absolute Gasteiger partial charge is 0.135 e. The first-order valence-corrected chi connectivity index (χ1v) is 19.1. The van der Waals surface area contributed by atoms with Crippen molar-refractivity contribution in [2.24, 2.45) is 0 Å². The molecule has 2 aromatic heterocycles. The van der Waals surface area contributed by atoms with Crippen molar-refractivity contribution in [3.8, 4) is 11.1 Å². The molecule has 9 aromatic carbocycles. The Kier molecular flexibility index (Phi) is 7.04. The number of para-hydroxylation sites is 2. The Balaban J connectivity index is 1.05. The van der Waals surface area contributed by atoms with Crippen molar-refractivity contribution in [3.05, 3.63) is 188 Å². The normalized spacial score (nSPS) is 11.7. The number of fused-ring (bicyclic) bond motifs is 8. The second-order valence-corrected chi connectivity index (χ2v) is 14.9. The van der Waals surface area contributed by atoms with Gasteiger partial charge >= 0.3 is 0 Å². The lowest BCUT2D eigenvalue weighted by atomic mass is 9.96. The maximum Gasteiger partial charge on any atom is 0.135 e. The number of hydrogen-bond acceptors (Lipinski definition) is 4. The van der Waals surface area contributed by atoms with Gasteiger partial charge in [-0.1, -0.05) is 115 Å². The highest BCUT2D eigenvalue weighted by molar-refractivity contribution is 7.25. The minimum atomic E-state index is 0.891. The molecule has 3 nitrogen and oxygen atoms in total.